The quantitative estimate of drug-likeness (QED) is 0.797. The number of ether oxygens (including phenoxy) is 1. The Morgan fingerprint density at radius 3 is 2.90 bits per heavy atom. The summed E-state index contributed by atoms with van der Waals surface area (Å²) in [6.07, 6.45) is 4.66. The number of rotatable bonds is 7. The van der Waals surface area contributed by atoms with Crippen molar-refractivity contribution < 1.29 is 4.74 Å². The van der Waals surface area contributed by atoms with E-state index in [-0.39, 0.29) is 0 Å². The minimum absolute atomic E-state index is 0.449. The summed E-state index contributed by atoms with van der Waals surface area (Å²) < 4.78 is 7.57. The molecule has 0 aliphatic rings. The molecule has 1 aromatic carbocycles. The lowest BCUT2D eigenvalue weighted by Crippen LogP contribution is -2.09. The maximum absolute atomic E-state index is 5.95. The zero-order valence-electron chi connectivity index (χ0n) is 11.9. The van der Waals surface area contributed by atoms with Crippen LogP contribution in [0.15, 0.2) is 30.6 Å². The Labute approximate surface area is 124 Å². The Kier molecular flexibility index (Phi) is 5.30. The second-order valence-corrected chi connectivity index (χ2v) is 4.79. The summed E-state index contributed by atoms with van der Waals surface area (Å²) in [7, 11) is 2.00. The molecule has 0 unspecified atom stereocenters. The average molecular weight is 294 g/mol. The van der Waals surface area contributed by atoms with Crippen LogP contribution in [0.3, 0.4) is 0 Å². The second-order valence-electron chi connectivity index (χ2n) is 4.52. The Bertz CT molecular complexity index is 554. The van der Waals surface area contributed by atoms with Crippen molar-refractivity contribution in [3.05, 3.63) is 42.0 Å². The van der Waals surface area contributed by atoms with Gasteiger partial charge in [0.25, 0.3) is 0 Å². The molecule has 1 heterocycles. The van der Waals surface area contributed by atoms with E-state index < -0.39 is 0 Å². The minimum Gasteiger partial charge on any atom is -0.494 e. The normalized spacial score (nSPS) is 10.6. The summed E-state index contributed by atoms with van der Waals surface area (Å²) in [5, 5.41) is 3.39. The number of benzene rings is 1. The predicted octanol–water partition coefficient (Wildman–Crippen LogP) is 3.21. The minimum atomic E-state index is 0.449. The SMILES string of the molecule is CCOc1ccc(NCCc2nccn2C)cc1CCl. The molecule has 5 heteroatoms. The van der Waals surface area contributed by atoms with E-state index in [4.69, 9.17) is 16.3 Å². The summed E-state index contributed by atoms with van der Waals surface area (Å²) in [4.78, 5) is 4.30. The third kappa shape index (κ3) is 3.67. The van der Waals surface area contributed by atoms with Gasteiger partial charge >= 0.3 is 0 Å². The van der Waals surface area contributed by atoms with Gasteiger partial charge in [-0.1, -0.05) is 0 Å². The van der Waals surface area contributed by atoms with E-state index in [0.717, 1.165) is 35.8 Å². The highest BCUT2D eigenvalue weighted by atomic mass is 35.5. The van der Waals surface area contributed by atoms with E-state index >= 15 is 0 Å². The number of aromatic nitrogens is 2. The summed E-state index contributed by atoms with van der Waals surface area (Å²) >= 11 is 5.95. The van der Waals surface area contributed by atoms with E-state index in [0.29, 0.717) is 12.5 Å². The molecule has 1 aromatic heterocycles. The van der Waals surface area contributed by atoms with Crippen molar-refractivity contribution in [1.82, 2.24) is 9.55 Å². The fourth-order valence-corrected chi connectivity index (χ4v) is 2.26. The lowest BCUT2D eigenvalue weighted by molar-refractivity contribution is 0.337. The maximum atomic E-state index is 5.95. The molecule has 0 amide bonds. The lowest BCUT2D eigenvalue weighted by atomic mass is 10.2. The van der Waals surface area contributed by atoms with E-state index in [2.05, 4.69) is 10.3 Å². The molecule has 4 nitrogen and oxygen atoms in total. The van der Waals surface area contributed by atoms with E-state index in [9.17, 15) is 0 Å². The van der Waals surface area contributed by atoms with Crippen LogP contribution in [0.2, 0.25) is 0 Å². The van der Waals surface area contributed by atoms with Crippen molar-refractivity contribution >= 4 is 17.3 Å². The molecule has 0 saturated carbocycles. The molecular weight excluding hydrogens is 274 g/mol. The van der Waals surface area contributed by atoms with E-state index in [1.54, 1.807) is 0 Å². The number of nitrogens with one attached hydrogen (secondary N) is 1. The van der Waals surface area contributed by atoms with Gasteiger partial charge in [-0.2, -0.15) is 0 Å². The number of anilines is 1. The van der Waals surface area contributed by atoms with Crippen LogP contribution in [-0.2, 0) is 19.3 Å². The average Bonchev–Trinajstić information content (AvgIpc) is 2.86. The first kappa shape index (κ1) is 14.7. The van der Waals surface area contributed by atoms with Crippen LogP contribution in [0.25, 0.3) is 0 Å². The number of halogens is 1. The number of imidazole rings is 1. The van der Waals surface area contributed by atoms with Crippen molar-refractivity contribution in [2.45, 2.75) is 19.2 Å². The molecule has 20 heavy (non-hydrogen) atoms. The van der Waals surface area contributed by atoms with Gasteiger partial charge in [0.15, 0.2) is 0 Å². The lowest BCUT2D eigenvalue weighted by Gasteiger charge is -2.12. The molecule has 0 aliphatic carbocycles. The third-order valence-corrected chi connectivity index (χ3v) is 3.39. The van der Waals surface area contributed by atoms with Crippen molar-refractivity contribution in [2.75, 3.05) is 18.5 Å². The fourth-order valence-electron chi connectivity index (χ4n) is 2.05. The highest BCUT2D eigenvalue weighted by molar-refractivity contribution is 6.17. The molecular formula is C15H20ClN3O. The molecule has 2 aromatic rings. The number of alkyl halides is 1. The van der Waals surface area contributed by atoms with Crippen molar-refractivity contribution in [3.63, 3.8) is 0 Å². The first-order valence-corrected chi connectivity index (χ1v) is 7.29. The Morgan fingerprint density at radius 1 is 1.40 bits per heavy atom. The van der Waals surface area contributed by atoms with Crippen LogP contribution in [0.1, 0.15) is 18.3 Å². The molecule has 2 rings (SSSR count). The van der Waals surface area contributed by atoms with Crippen LogP contribution in [0.4, 0.5) is 5.69 Å². The van der Waals surface area contributed by atoms with Crippen LogP contribution in [-0.4, -0.2) is 22.7 Å². The number of nitrogens with zero attached hydrogens (tertiary/aromatic N) is 2. The fraction of sp³-hybridized carbons (Fsp3) is 0.400. The van der Waals surface area contributed by atoms with Crippen LogP contribution in [0, 0.1) is 0 Å². The van der Waals surface area contributed by atoms with Gasteiger partial charge in [0.2, 0.25) is 0 Å². The van der Waals surface area contributed by atoms with Crippen molar-refractivity contribution in [3.8, 4) is 5.75 Å². The largest absolute Gasteiger partial charge is 0.494 e. The molecule has 0 bridgehead atoms. The Balaban J connectivity index is 1.94. The molecule has 0 saturated heterocycles. The summed E-state index contributed by atoms with van der Waals surface area (Å²) in [5.41, 5.74) is 2.06. The molecule has 0 atom stereocenters. The monoisotopic (exact) mass is 293 g/mol. The summed E-state index contributed by atoms with van der Waals surface area (Å²) in [6, 6.07) is 6.01. The first-order chi connectivity index (χ1) is 9.74. The van der Waals surface area contributed by atoms with Crippen LogP contribution >= 0.6 is 11.6 Å². The predicted molar refractivity (Wildman–Crippen MR) is 82.6 cm³/mol. The van der Waals surface area contributed by atoms with Gasteiger partial charge in [-0.3, -0.25) is 0 Å². The number of hydrogen-bond acceptors (Lipinski definition) is 3. The van der Waals surface area contributed by atoms with Gasteiger partial charge in [0, 0.05) is 43.7 Å². The molecule has 1 N–H and O–H groups in total. The molecule has 0 aliphatic heterocycles. The van der Waals surface area contributed by atoms with Crippen molar-refractivity contribution in [1.29, 1.82) is 0 Å². The second kappa shape index (κ2) is 7.20. The van der Waals surface area contributed by atoms with Gasteiger partial charge < -0.3 is 14.6 Å². The maximum Gasteiger partial charge on any atom is 0.123 e. The smallest absolute Gasteiger partial charge is 0.123 e. The van der Waals surface area contributed by atoms with Gasteiger partial charge in [0.05, 0.1) is 12.5 Å². The number of hydrogen-bond donors (Lipinski definition) is 1. The van der Waals surface area contributed by atoms with Gasteiger partial charge in [-0.05, 0) is 25.1 Å². The molecule has 0 radical (unpaired) electrons. The van der Waals surface area contributed by atoms with Crippen molar-refractivity contribution in [2.24, 2.45) is 7.05 Å². The standard InChI is InChI=1S/C15H20ClN3O/c1-3-20-14-5-4-13(10-12(14)11-16)17-7-6-15-18-8-9-19(15)2/h4-5,8-10,17H,3,6-7,11H2,1-2H3. The third-order valence-electron chi connectivity index (χ3n) is 3.10. The molecule has 0 spiro atoms. The van der Waals surface area contributed by atoms with Gasteiger partial charge in [0.1, 0.15) is 11.6 Å². The summed E-state index contributed by atoms with van der Waals surface area (Å²) in [5.74, 6) is 2.38. The van der Waals surface area contributed by atoms with Crippen LogP contribution < -0.4 is 10.1 Å². The van der Waals surface area contributed by atoms with Gasteiger partial charge in [-0.15, -0.1) is 11.6 Å². The zero-order chi connectivity index (χ0) is 14.4. The Hall–Kier alpha value is -1.68. The Morgan fingerprint density at radius 2 is 2.25 bits per heavy atom. The first-order valence-electron chi connectivity index (χ1n) is 6.76. The molecule has 108 valence electrons. The summed E-state index contributed by atoms with van der Waals surface area (Å²) in [6.45, 7) is 3.45. The zero-order valence-corrected chi connectivity index (χ0v) is 12.7. The molecule has 0 fully saturated rings. The van der Waals surface area contributed by atoms with E-state index in [1.807, 2.05) is 49.1 Å². The topological polar surface area (TPSA) is 39.1 Å². The highest BCUT2D eigenvalue weighted by Crippen LogP contribution is 2.24. The highest BCUT2D eigenvalue weighted by Gasteiger charge is 2.04. The van der Waals surface area contributed by atoms with Gasteiger partial charge in [-0.25, -0.2) is 4.98 Å². The van der Waals surface area contributed by atoms with Crippen LogP contribution in [0.5, 0.6) is 5.75 Å². The number of aryl methyl sites for hydroxylation is 1. The van der Waals surface area contributed by atoms with E-state index in [1.165, 1.54) is 0 Å².